The number of aromatic nitrogens is 1. The van der Waals surface area contributed by atoms with E-state index in [1.165, 1.54) is 11.1 Å². The molecular formula is C14H18N4O3. The maximum atomic E-state index is 12.1. The Labute approximate surface area is 122 Å². The largest absolute Gasteiger partial charge is 0.359 e. The number of hydrogen-bond acceptors (Lipinski definition) is 4. The van der Waals surface area contributed by atoms with Crippen LogP contribution >= 0.6 is 0 Å². The van der Waals surface area contributed by atoms with Crippen molar-refractivity contribution in [2.75, 3.05) is 25.5 Å². The lowest BCUT2D eigenvalue weighted by Crippen LogP contribution is -2.48. The number of carbonyl (C=O) groups excluding carboxylic acids is 3. The Morgan fingerprint density at radius 1 is 1.38 bits per heavy atom. The number of piperidine rings is 1. The molecule has 2 heterocycles. The van der Waals surface area contributed by atoms with Crippen LogP contribution in [0.1, 0.15) is 12.8 Å². The molecule has 1 aromatic rings. The number of amides is 3. The zero-order valence-corrected chi connectivity index (χ0v) is 11.8. The second-order valence-electron chi connectivity index (χ2n) is 4.90. The zero-order valence-electron chi connectivity index (χ0n) is 11.8. The quantitative estimate of drug-likeness (QED) is 0.750. The van der Waals surface area contributed by atoms with E-state index in [-0.39, 0.29) is 18.4 Å². The third kappa shape index (κ3) is 3.77. The minimum absolute atomic E-state index is 0.0971. The van der Waals surface area contributed by atoms with Crippen molar-refractivity contribution in [2.24, 2.45) is 5.92 Å². The Morgan fingerprint density at radius 3 is 2.86 bits per heavy atom. The summed E-state index contributed by atoms with van der Waals surface area (Å²) < 4.78 is 0. The summed E-state index contributed by atoms with van der Waals surface area (Å²) in [6.45, 7) is 0.770. The molecule has 7 heteroatoms. The second-order valence-corrected chi connectivity index (χ2v) is 4.90. The molecule has 0 saturated carbocycles. The highest BCUT2D eigenvalue weighted by molar-refractivity contribution is 6.39. The smallest absolute Gasteiger partial charge is 0.313 e. The molecule has 0 aliphatic carbocycles. The van der Waals surface area contributed by atoms with Crippen LogP contribution in [0.3, 0.4) is 0 Å². The van der Waals surface area contributed by atoms with Crippen LogP contribution in [0, 0.1) is 5.92 Å². The summed E-state index contributed by atoms with van der Waals surface area (Å²) >= 11 is 0. The van der Waals surface area contributed by atoms with Crippen LogP contribution in [0.4, 0.5) is 5.69 Å². The van der Waals surface area contributed by atoms with Gasteiger partial charge >= 0.3 is 11.8 Å². The molecule has 2 N–H and O–H groups in total. The average molecular weight is 290 g/mol. The van der Waals surface area contributed by atoms with E-state index in [1.54, 1.807) is 25.4 Å². The van der Waals surface area contributed by atoms with E-state index in [9.17, 15) is 14.4 Å². The summed E-state index contributed by atoms with van der Waals surface area (Å²) in [7, 11) is 1.57. The van der Waals surface area contributed by atoms with Crippen molar-refractivity contribution in [1.29, 1.82) is 0 Å². The first kappa shape index (κ1) is 15.0. The van der Waals surface area contributed by atoms with Gasteiger partial charge in [-0.25, -0.2) is 0 Å². The van der Waals surface area contributed by atoms with Crippen LogP contribution in [0.15, 0.2) is 24.5 Å². The molecule has 0 aromatic carbocycles. The molecule has 7 nitrogen and oxygen atoms in total. The highest BCUT2D eigenvalue weighted by Gasteiger charge is 2.30. The van der Waals surface area contributed by atoms with E-state index in [4.69, 9.17) is 0 Å². The van der Waals surface area contributed by atoms with Gasteiger partial charge in [-0.2, -0.15) is 0 Å². The minimum atomic E-state index is -0.708. The van der Waals surface area contributed by atoms with Gasteiger partial charge in [0.05, 0.1) is 17.8 Å². The van der Waals surface area contributed by atoms with Gasteiger partial charge < -0.3 is 15.5 Å². The predicted octanol–water partition coefficient (Wildman–Crippen LogP) is 0.00470. The lowest BCUT2D eigenvalue weighted by Gasteiger charge is -2.31. The van der Waals surface area contributed by atoms with E-state index >= 15 is 0 Å². The fraction of sp³-hybridized carbons (Fsp3) is 0.429. The topological polar surface area (TPSA) is 91.4 Å². The number of nitrogens with zero attached hydrogens (tertiary/aromatic N) is 2. The molecular weight excluding hydrogens is 272 g/mol. The lowest BCUT2D eigenvalue weighted by atomic mass is 9.97. The van der Waals surface area contributed by atoms with E-state index in [0.29, 0.717) is 18.7 Å². The van der Waals surface area contributed by atoms with E-state index in [1.807, 2.05) is 0 Å². The number of likely N-dealkylation sites (tertiary alicyclic amines) is 1. The second kappa shape index (κ2) is 6.83. The van der Waals surface area contributed by atoms with Crippen molar-refractivity contribution < 1.29 is 14.4 Å². The van der Waals surface area contributed by atoms with E-state index in [0.717, 1.165) is 6.42 Å². The number of hydrogen-bond donors (Lipinski definition) is 2. The zero-order chi connectivity index (χ0) is 15.2. The summed E-state index contributed by atoms with van der Waals surface area (Å²) in [5.74, 6) is -1.67. The van der Waals surface area contributed by atoms with Crippen molar-refractivity contribution in [3.05, 3.63) is 24.5 Å². The fourth-order valence-corrected chi connectivity index (χ4v) is 2.34. The molecule has 3 amide bonds. The molecule has 0 radical (unpaired) electrons. The maximum Gasteiger partial charge on any atom is 0.313 e. The SMILES string of the molecule is CNC(=O)C1CCCN(C(=O)C(=O)Nc2cccnc2)C1. The molecule has 1 saturated heterocycles. The highest BCUT2D eigenvalue weighted by Crippen LogP contribution is 2.17. The van der Waals surface area contributed by atoms with Crippen LogP contribution in [0.5, 0.6) is 0 Å². The van der Waals surface area contributed by atoms with Gasteiger partial charge in [0, 0.05) is 26.3 Å². The van der Waals surface area contributed by atoms with E-state index in [2.05, 4.69) is 15.6 Å². The number of rotatable bonds is 2. The van der Waals surface area contributed by atoms with Crippen LogP contribution in [0.2, 0.25) is 0 Å². The summed E-state index contributed by atoms with van der Waals surface area (Å²) in [5, 5.41) is 5.08. The highest BCUT2D eigenvalue weighted by atomic mass is 16.2. The van der Waals surface area contributed by atoms with Gasteiger partial charge in [0.15, 0.2) is 0 Å². The molecule has 1 unspecified atom stereocenters. The van der Waals surface area contributed by atoms with Crippen molar-refractivity contribution in [3.8, 4) is 0 Å². The molecule has 21 heavy (non-hydrogen) atoms. The summed E-state index contributed by atoms with van der Waals surface area (Å²) in [5.41, 5.74) is 0.468. The first-order valence-electron chi connectivity index (χ1n) is 6.83. The van der Waals surface area contributed by atoms with Crippen molar-refractivity contribution in [2.45, 2.75) is 12.8 Å². The summed E-state index contributed by atoms with van der Waals surface area (Å²) in [4.78, 5) is 41.0. The van der Waals surface area contributed by atoms with Crippen LogP contribution < -0.4 is 10.6 Å². The normalized spacial score (nSPS) is 18.0. The summed E-state index contributed by atoms with van der Waals surface area (Å²) in [6.07, 6.45) is 4.49. The number of pyridine rings is 1. The standard InChI is InChI=1S/C14H18N4O3/c1-15-12(19)10-4-3-7-18(9-10)14(21)13(20)17-11-5-2-6-16-8-11/h2,5-6,8,10H,3-4,7,9H2,1H3,(H,15,19)(H,17,20). The fourth-order valence-electron chi connectivity index (χ4n) is 2.34. The van der Waals surface area contributed by atoms with Crippen LogP contribution in [-0.2, 0) is 14.4 Å². The number of anilines is 1. The van der Waals surface area contributed by atoms with Crippen LogP contribution in [-0.4, -0.2) is 47.7 Å². The predicted molar refractivity (Wildman–Crippen MR) is 76.2 cm³/mol. The third-order valence-electron chi connectivity index (χ3n) is 3.44. The maximum absolute atomic E-state index is 12.1. The van der Waals surface area contributed by atoms with E-state index < -0.39 is 11.8 Å². The molecule has 1 aromatic heterocycles. The molecule has 0 bridgehead atoms. The van der Waals surface area contributed by atoms with Gasteiger partial charge in [-0.15, -0.1) is 0 Å². The average Bonchev–Trinajstić information content (AvgIpc) is 2.54. The number of nitrogens with one attached hydrogen (secondary N) is 2. The first-order valence-corrected chi connectivity index (χ1v) is 6.83. The molecule has 112 valence electrons. The third-order valence-corrected chi connectivity index (χ3v) is 3.44. The van der Waals surface area contributed by atoms with Crippen molar-refractivity contribution >= 4 is 23.4 Å². The molecule has 1 atom stereocenters. The Hall–Kier alpha value is -2.44. The van der Waals surface area contributed by atoms with Gasteiger partial charge in [-0.05, 0) is 25.0 Å². The lowest BCUT2D eigenvalue weighted by molar-refractivity contribution is -0.145. The Bertz CT molecular complexity index is 532. The molecule has 1 fully saturated rings. The van der Waals surface area contributed by atoms with Gasteiger partial charge in [-0.3, -0.25) is 19.4 Å². The van der Waals surface area contributed by atoms with Gasteiger partial charge in [0.2, 0.25) is 5.91 Å². The molecule has 1 aliphatic heterocycles. The Balaban J connectivity index is 1.96. The van der Waals surface area contributed by atoms with Gasteiger partial charge in [0.1, 0.15) is 0 Å². The minimum Gasteiger partial charge on any atom is -0.359 e. The Kier molecular flexibility index (Phi) is 4.86. The van der Waals surface area contributed by atoms with Gasteiger partial charge in [0.25, 0.3) is 0 Å². The van der Waals surface area contributed by atoms with Crippen molar-refractivity contribution in [3.63, 3.8) is 0 Å². The molecule has 1 aliphatic rings. The number of carbonyl (C=O) groups is 3. The first-order chi connectivity index (χ1) is 10.1. The molecule has 2 rings (SSSR count). The van der Waals surface area contributed by atoms with Gasteiger partial charge in [-0.1, -0.05) is 0 Å². The van der Waals surface area contributed by atoms with Crippen molar-refractivity contribution in [1.82, 2.24) is 15.2 Å². The molecule has 0 spiro atoms. The summed E-state index contributed by atoms with van der Waals surface area (Å²) in [6, 6.07) is 3.32. The monoisotopic (exact) mass is 290 g/mol. The van der Waals surface area contributed by atoms with Crippen LogP contribution in [0.25, 0.3) is 0 Å². The Morgan fingerprint density at radius 2 is 2.19 bits per heavy atom.